The number of hydrogen-bond donors (Lipinski definition) is 1. The standard InChI is InChI=1S/C15H21BO3.C9H9BrO.C6H5BrO.C3H5Br.C3H5I3.2C2H5.CH4.5HI.2V/c1-14(2)15(3,4)19-16(18-14)11-6-5-7-13(10-11)17-12-8-9-12;10-7-2-1-3-9(6-7)11-8-4-5-8;7-5-2-1-3-6(8)4-5;4-3-1-2-3;1-2-3(4,5)6;2*1-2;;;;;;;;/h5-7,10,12H,8-9H2,1-4H3;1-3,6,8H,4-5H2;1-4,8H;3H,1-2H2;2H2,1H3;2*1H2,2H3;1H4;5*1H;;/q;;;;;2*-1;;;;;;;+2;+3/p-5. The van der Waals surface area contributed by atoms with Gasteiger partial charge in [0.15, 0.2) is 0 Å². The van der Waals surface area contributed by atoms with E-state index < -0.39 is 0 Å². The third-order valence-corrected chi connectivity index (χ3v) is 11.7. The van der Waals surface area contributed by atoms with Gasteiger partial charge in [0.05, 0.1) is 23.4 Å². The van der Waals surface area contributed by atoms with Crippen LogP contribution >= 0.6 is 215 Å². The Bertz CT molecular complexity index is 1470. The van der Waals surface area contributed by atoms with Gasteiger partial charge < -0.3 is 37.7 Å². The second kappa shape index (κ2) is 40.1. The molecule has 4 aliphatic rings. The molecule has 5 nitrogen and oxygen atoms in total. The predicted octanol–water partition coefficient (Wildman–Crippen LogP) is 19.3. The van der Waals surface area contributed by atoms with Crippen molar-refractivity contribution in [2.75, 3.05) is 0 Å². The van der Waals surface area contributed by atoms with Crippen molar-refractivity contribution in [3.63, 3.8) is 0 Å². The Labute approximate surface area is 498 Å². The summed E-state index contributed by atoms with van der Waals surface area (Å²) < 4.78 is 25.9. The van der Waals surface area contributed by atoms with E-state index in [1.807, 2.05) is 54.6 Å². The average molecular weight is 2000 g/mol. The van der Waals surface area contributed by atoms with E-state index in [-0.39, 0.29) is 30.7 Å². The molecule has 1 saturated heterocycles. The summed E-state index contributed by atoms with van der Waals surface area (Å²) in [5.41, 5.74) is 0.424. The third-order valence-electron chi connectivity index (χ3n) is 7.55. The van der Waals surface area contributed by atoms with Crippen molar-refractivity contribution in [1.29, 1.82) is 0 Å². The maximum atomic E-state index is 8.78. The molecular formula is C41H59BBr3I8O5V2-2. The zero-order valence-corrected chi connectivity index (χ0v) is 59.0. The molecule has 7 rings (SSSR count). The van der Waals surface area contributed by atoms with E-state index in [1.165, 1.54) is 44.9 Å². The molecule has 345 valence electrons. The SMILES string of the molecule is BrC1CC1.Brc1cccc(OC2CC2)c1.C.CC1(C)OB(c2cccc(OC3CC3)c2)OC1(C)C.CCC(I)(I)I.Oc1cccc(Br)c1.[CH2-]C.[CH2-]C.[I][V]([I])[I].[I][V][I]. The van der Waals surface area contributed by atoms with Crippen LogP contribution in [0.3, 0.4) is 0 Å². The van der Waals surface area contributed by atoms with Crippen LogP contribution in [0.4, 0.5) is 0 Å². The minimum atomic E-state index is -0.312. The Morgan fingerprint density at radius 2 is 1.08 bits per heavy atom. The van der Waals surface area contributed by atoms with Crippen molar-refractivity contribution in [2.24, 2.45) is 0 Å². The van der Waals surface area contributed by atoms with Gasteiger partial charge in [-0.3, -0.25) is 0 Å². The van der Waals surface area contributed by atoms with Crippen molar-refractivity contribution in [1.82, 2.24) is 0 Å². The maximum absolute atomic E-state index is 8.78. The van der Waals surface area contributed by atoms with Crippen LogP contribution in [0.1, 0.15) is 101 Å². The van der Waals surface area contributed by atoms with E-state index in [4.69, 9.17) is 23.9 Å². The predicted molar refractivity (Wildman–Crippen MR) is 335 cm³/mol. The van der Waals surface area contributed by atoms with Crippen LogP contribution in [0.15, 0.2) is 81.7 Å². The first-order valence-corrected chi connectivity index (χ1v) is 46.7. The van der Waals surface area contributed by atoms with E-state index in [1.54, 1.807) is 32.0 Å². The van der Waals surface area contributed by atoms with Gasteiger partial charge in [-0.2, -0.15) is 13.8 Å². The van der Waals surface area contributed by atoms with Crippen molar-refractivity contribution in [3.05, 3.63) is 95.6 Å². The first kappa shape index (κ1) is 69.8. The minimum absolute atomic E-state index is 0. The third kappa shape index (κ3) is 40.2. The van der Waals surface area contributed by atoms with Gasteiger partial charge in [-0.1, -0.05) is 154 Å². The molecule has 0 atom stereocenters. The fourth-order valence-corrected chi connectivity index (χ4v) is 4.58. The van der Waals surface area contributed by atoms with E-state index in [0.717, 1.165) is 30.7 Å². The van der Waals surface area contributed by atoms with Crippen molar-refractivity contribution < 1.29 is 38.3 Å². The van der Waals surface area contributed by atoms with Crippen LogP contribution in [0.25, 0.3) is 0 Å². The second-order valence-corrected chi connectivity index (χ2v) is 75.1. The van der Waals surface area contributed by atoms with Gasteiger partial charge in [-0.15, -0.1) is 0 Å². The average Bonchev–Trinajstić information content (AvgIpc) is 4.04. The molecule has 0 aromatic heterocycles. The summed E-state index contributed by atoms with van der Waals surface area (Å²) >= 11 is 29.3. The van der Waals surface area contributed by atoms with Crippen LogP contribution in [0.5, 0.6) is 17.2 Å². The van der Waals surface area contributed by atoms with Gasteiger partial charge in [-0.25, -0.2) is 0 Å². The van der Waals surface area contributed by atoms with E-state index in [0.29, 0.717) is 26.9 Å². The molecule has 1 heterocycles. The molecule has 0 bridgehead atoms. The Morgan fingerprint density at radius 1 is 0.750 bits per heavy atom. The molecule has 1 aliphatic heterocycles. The molecule has 19 heteroatoms. The topological polar surface area (TPSA) is 57.2 Å². The monoisotopic (exact) mass is 2000 g/mol. The van der Waals surface area contributed by atoms with Gasteiger partial charge in [0.1, 0.15) is 16.7 Å². The van der Waals surface area contributed by atoms with E-state index in [9.17, 15) is 0 Å². The summed E-state index contributed by atoms with van der Waals surface area (Å²) in [6.45, 7) is 20.5. The summed E-state index contributed by atoms with van der Waals surface area (Å²) in [7, 11) is 0.315. The second-order valence-electron chi connectivity index (χ2n) is 13.1. The number of benzene rings is 3. The molecular weight excluding hydrogens is 1940 g/mol. The fraction of sp³-hybridized carbons (Fsp3) is 0.512. The van der Waals surface area contributed by atoms with Crippen LogP contribution < -0.4 is 14.9 Å². The number of hydrogen-bond acceptors (Lipinski definition) is 5. The first-order valence-electron chi connectivity index (χ1n) is 18.4. The van der Waals surface area contributed by atoms with Gasteiger partial charge in [-0.05, 0) is 127 Å². The Morgan fingerprint density at radius 3 is 1.37 bits per heavy atom. The molecule has 3 aliphatic carbocycles. The summed E-state index contributed by atoms with van der Waals surface area (Å²) in [4.78, 5) is 0.618. The normalized spacial score (nSPS) is 16.0. The molecule has 4 fully saturated rings. The fourth-order valence-electron chi connectivity index (χ4n) is 3.55. The van der Waals surface area contributed by atoms with Crippen molar-refractivity contribution in [2.45, 2.75) is 129 Å². The number of phenols is 1. The van der Waals surface area contributed by atoms with E-state index in [2.05, 4.69) is 264 Å². The van der Waals surface area contributed by atoms with Gasteiger partial charge >= 0.3 is 121 Å². The number of rotatable bonds is 6. The van der Waals surface area contributed by atoms with Crippen molar-refractivity contribution >= 4 is 228 Å². The molecule has 0 amide bonds. The quantitative estimate of drug-likeness (QED) is 0.115. The Hall–Kier alpha value is 5.49. The summed E-state index contributed by atoms with van der Waals surface area (Å²) in [5, 5.41) is 8.78. The van der Waals surface area contributed by atoms with Gasteiger partial charge in [0, 0.05) is 13.8 Å². The molecule has 3 saturated carbocycles. The zero-order chi connectivity index (χ0) is 45.8. The molecule has 0 unspecified atom stereocenters. The van der Waals surface area contributed by atoms with Gasteiger partial charge in [0.2, 0.25) is 0 Å². The van der Waals surface area contributed by atoms with Crippen LogP contribution in [-0.4, -0.2) is 39.9 Å². The van der Waals surface area contributed by atoms with Gasteiger partial charge in [0.25, 0.3) is 0 Å². The zero-order valence-electron chi connectivity index (χ0n) is 34.2. The Balaban J connectivity index is -0.000000683. The van der Waals surface area contributed by atoms with Crippen LogP contribution in [0, 0.1) is 13.8 Å². The van der Waals surface area contributed by atoms with E-state index >= 15 is 0 Å². The summed E-state index contributed by atoms with van der Waals surface area (Å²) in [6, 6.07) is 22.9. The summed E-state index contributed by atoms with van der Waals surface area (Å²) in [6.07, 6.45) is 9.70. The van der Waals surface area contributed by atoms with Crippen molar-refractivity contribution in [3.8, 4) is 17.2 Å². The van der Waals surface area contributed by atoms with Crippen LogP contribution in [0.2, 0.25) is 0 Å². The Kier molecular flexibility index (Phi) is 46.7. The molecule has 60 heavy (non-hydrogen) atoms. The van der Waals surface area contributed by atoms with Crippen LogP contribution in [-0.2, 0) is 23.7 Å². The number of aromatic hydroxyl groups is 1. The number of ether oxygens (including phenoxy) is 2. The molecule has 3 aromatic carbocycles. The molecule has 1 N–H and O–H groups in total. The number of alkyl halides is 4. The number of halogens is 11. The number of phenolic OH excluding ortho intramolecular Hbond substituents is 1. The summed E-state index contributed by atoms with van der Waals surface area (Å²) in [5.74, 6) is 2.18. The molecule has 0 radical (unpaired) electrons. The first-order chi connectivity index (χ1) is 27.6. The molecule has 3 aromatic rings. The molecule has 0 spiro atoms.